The minimum absolute atomic E-state index is 0.0311. The molecule has 2 aromatic rings. The summed E-state index contributed by atoms with van der Waals surface area (Å²) in [5.74, 6) is -1.24. The van der Waals surface area contributed by atoms with Gasteiger partial charge in [0.2, 0.25) is 5.69 Å². The van der Waals surface area contributed by atoms with Crippen molar-refractivity contribution >= 4 is 17.0 Å². The minimum atomic E-state index is -1.24. The predicted molar refractivity (Wildman–Crippen MR) is 130 cm³/mol. The van der Waals surface area contributed by atoms with E-state index in [9.17, 15) is 14.7 Å². The molecule has 3 fully saturated rings. The largest absolute Gasteiger partial charge is 0.476 e. The number of aromatic carboxylic acids is 1. The van der Waals surface area contributed by atoms with E-state index in [0.717, 1.165) is 18.4 Å². The number of hydrogen-bond donors (Lipinski definition) is 1. The van der Waals surface area contributed by atoms with Gasteiger partial charge in [0, 0.05) is 18.1 Å². The number of aromatic nitrogens is 2. The van der Waals surface area contributed by atoms with E-state index in [1.165, 1.54) is 77.0 Å². The van der Waals surface area contributed by atoms with E-state index in [1.807, 2.05) is 24.3 Å². The molecule has 1 aliphatic carbocycles. The van der Waals surface area contributed by atoms with Crippen LogP contribution >= 0.6 is 0 Å². The van der Waals surface area contributed by atoms with Crippen LogP contribution < -0.4 is 5.56 Å². The highest BCUT2D eigenvalue weighted by atomic mass is 16.4. The summed E-state index contributed by atoms with van der Waals surface area (Å²) in [4.78, 5) is 32.1. The lowest BCUT2D eigenvalue weighted by Gasteiger charge is -2.34. The van der Waals surface area contributed by atoms with Crippen molar-refractivity contribution in [2.45, 2.75) is 114 Å². The Morgan fingerprint density at radius 3 is 2.12 bits per heavy atom. The average Bonchev–Trinajstić information content (AvgIpc) is 3.37. The number of para-hydroxylation sites is 2. The summed E-state index contributed by atoms with van der Waals surface area (Å²) < 4.78 is 1.79. The average molecular weight is 452 g/mol. The fourth-order valence-electron chi connectivity index (χ4n) is 6.91. The Labute approximate surface area is 196 Å². The van der Waals surface area contributed by atoms with Gasteiger partial charge in [-0.25, -0.2) is 9.78 Å². The molecule has 0 spiro atoms. The fraction of sp³-hybridized carbons (Fsp3) is 0.667. The molecule has 0 unspecified atom stereocenters. The molecule has 0 radical (unpaired) electrons. The smallest absolute Gasteiger partial charge is 0.360 e. The van der Waals surface area contributed by atoms with E-state index in [1.54, 1.807) is 4.57 Å². The van der Waals surface area contributed by atoms with E-state index in [2.05, 4.69) is 9.88 Å². The Kier molecular flexibility index (Phi) is 6.81. The van der Waals surface area contributed by atoms with Gasteiger partial charge in [0.1, 0.15) is 0 Å². The van der Waals surface area contributed by atoms with Gasteiger partial charge >= 0.3 is 5.97 Å². The maximum atomic E-state index is 13.3. The van der Waals surface area contributed by atoms with Crippen LogP contribution in [0.4, 0.5) is 0 Å². The van der Waals surface area contributed by atoms with Gasteiger partial charge in [-0.2, -0.15) is 0 Å². The fourth-order valence-corrected chi connectivity index (χ4v) is 6.91. The van der Waals surface area contributed by atoms with Crippen LogP contribution in [0.5, 0.6) is 0 Å². The third-order valence-corrected chi connectivity index (χ3v) is 8.38. The lowest BCUT2D eigenvalue weighted by Crippen LogP contribution is -2.42. The molecule has 5 rings (SSSR count). The maximum absolute atomic E-state index is 13.3. The van der Waals surface area contributed by atoms with Gasteiger partial charge in [0.25, 0.3) is 5.56 Å². The van der Waals surface area contributed by atoms with Gasteiger partial charge < -0.3 is 5.11 Å². The van der Waals surface area contributed by atoms with Crippen LogP contribution in [0.1, 0.15) is 106 Å². The zero-order chi connectivity index (χ0) is 22.8. The van der Waals surface area contributed by atoms with Crippen LogP contribution in [-0.4, -0.2) is 43.7 Å². The first-order chi connectivity index (χ1) is 16.1. The summed E-state index contributed by atoms with van der Waals surface area (Å²) in [6.45, 7) is 0. The Morgan fingerprint density at radius 1 is 0.818 bits per heavy atom. The minimum Gasteiger partial charge on any atom is -0.476 e. The van der Waals surface area contributed by atoms with Crippen molar-refractivity contribution in [2.24, 2.45) is 0 Å². The van der Waals surface area contributed by atoms with Crippen molar-refractivity contribution in [3.8, 4) is 0 Å². The molecule has 0 amide bonds. The molecule has 3 heterocycles. The Balaban J connectivity index is 1.45. The topological polar surface area (TPSA) is 75.4 Å². The molecule has 178 valence electrons. The molecular formula is C27H37N3O3. The SMILES string of the molecule is O=C(O)c1nc2ccccc2n([C@@H]2C[C@@H]3CC[C@H]2N3C2CCCCCCCCCCC2)c1=O. The number of fused-ring (bicyclic) bond motifs is 3. The summed E-state index contributed by atoms with van der Waals surface area (Å²) in [5, 5.41) is 9.64. The highest BCUT2D eigenvalue weighted by molar-refractivity contribution is 5.88. The third-order valence-electron chi connectivity index (χ3n) is 8.38. The number of carbonyl (C=O) groups is 1. The Morgan fingerprint density at radius 2 is 1.45 bits per heavy atom. The van der Waals surface area contributed by atoms with Crippen LogP contribution in [0.25, 0.3) is 11.0 Å². The van der Waals surface area contributed by atoms with Crippen molar-refractivity contribution in [2.75, 3.05) is 0 Å². The lowest BCUT2D eigenvalue weighted by atomic mass is 9.94. The van der Waals surface area contributed by atoms with Crippen molar-refractivity contribution in [3.63, 3.8) is 0 Å². The van der Waals surface area contributed by atoms with Gasteiger partial charge in [-0.1, -0.05) is 69.9 Å². The summed E-state index contributed by atoms with van der Waals surface area (Å²) in [5.41, 5.74) is 0.560. The second-order valence-electron chi connectivity index (χ2n) is 10.4. The number of nitrogens with zero attached hydrogens (tertiary/aromatic N) is 3. The predicted octanol–water partition coefficient (Wildman–Crippen LogP) is 5.55. The molecule has 2 bridgehead atoms. The molecule has 6 heteroatoms. The molecule has 2 aliphatic heterocycles. The second-order valence-corrected chi connectivity index (χ2v) is 10.4. The van der Waals surface area contributed by atoms with Crippen LogP contribution in [0.3, 0.4) is 0 Å². The molecule has 33 heavy (non-hydrogen) atoms. The highest BCUT2D eigenvalue weighted by Crippen LogP contribution is 2.47. The summed E-state index contributed by atoms with van der Waals surface area (Å²) in [6.07, 6.45) is 17.9. The summed E-state index contributed by atoms with van der Waals surface area (Å²) >= 11 is 0. The molecule has 1 N–H and O–H groups in total. The third kappa shape index (κ3) is 4.46. The molecule has 3 aliphatic rings. The number of rotatable bonds is 3. The number of hydrogen-bond acceptors (Lipinski definition) is 4. The van der Waals surface area contributed by atoms with E-state index in [-0.39, 0.29) is 11.7 Å². The number of carboxylic acids is 1. The zero-order valence-corrected chi connectivity index (χ0v) is 19.6. The molecule has 3 atom stereocenters. The van der Waals surface area contributed by atoms with Gasteiger partial charge in [0.15, 0.2) is 0 Å². The second kappa shape index (κ2) is 9.96. The van der Waals surface area contributed by atoms with E-state index in [0.29, 0.717) is 23.6 Å². The van der Waals surface area contributed by atoms with Crippen molar-refractivity contribution in [3.05, 3.63) is 40.3 Å². The molecule has 1 aromatic heterocycles. The van der Waals surface area contributed by atoms with Gasteiger partial charge in [-0.3, -0.25) is 14.3 Å². The first kappa shape index (κ1) is 22.6. The zero-order valence-electron chi connectivity index (χ0n) is 19.6. The summed E-state index contributed by atoms with van der Waals surface area (Å²) in [7, 11) is 0. The Hall–Kier alpha value is -2.21. The first-order valence-electron chi connectivity index (χ1n) is 13.2. The van der Waals surface area contributed by atoms with E-state index < -0.39 is 11.5 Å². The standard InChI is InChI=1S/C27H37N3O3/c31-26-25(27(32)33)28-21-14-10-11-15-22(21)30(26)24-18-20-16-17-23(24)29(20)19-12-8-6-4-2-1-3-5-7-9-13-19/h10-11,14-15,19-20,23-24H,1-9,12-13,16-18H2,(H,32,33)/t20-,23+,24+/m0/s1. The van der Waals surface area contributed by atoms with Crippen LogP contribution in [-0.2, 0) is 0 Å². The number of benzene rings is 1. The van der Waals surface area contributed by atoms with Crippen LogP contribution in [0.15, 0.2) is 29.1 Å². The first-order valence-corrected chi connectivity index (χ1v) is 13.2. The molecule has 1 aromatic carbocycles. The molecule has 6 nitrogen and oxygen atoms in total. The normalized spacial score (nSPS) is 27.9. The van der Waals surface area contributed by atoms with E-state index in [4.69, 9.17) is 0 Å². The molecule has 2 saturated heterocycles. The van der Waals surface area contributed by atoms with Gasteiger partial charge in [0.05, 0.1) is 17.1 Å². The summed E-state index contributed by atoms with van der Waals surface area (Å²) in [6, 6.07) is 8.95. The van der Waals surface area contributed by atoms with Gasteiger partial charge in [-0.05, 0) is 44.2 Å². The maximum Gasteiger partial charge on any atom is 0.360 e. The van der Waals surface area contributed by atoms with Gasteiger partial charge in [-0.15, -0.1) is 0 Å². The molecule has 1 saturated carbocycles. The number of carboxylic acid groups (broad SMARTS) is 1. The lowest BCUT2D eigenvalue weighted by molar-refractivity contribution is 0.0687. The quantitative estimate of drug-likeness (QED) is 0.662. The Bertz CT molecular complexity index is 1040. The monoisotopic (exact) mass is 451 g/mol. The van der Waals surface area contributed by atoms with Crippen molar-refractivity contribution in [1.29, 1.82) is 0 Å². The van der Waals surface area contributed by atoms with Crippen LogP contribution in [0, 0.1) is 0 Å². The molecular weight excluding hydrogens is 414 g/mol. The van der Waals surface area contributed by atoms with Crippen LogP contribution in [0.2, 0.25) is 0 Å². The van der Waals surface area contributed by atoms with E-state index >= 15 is 0 Å². The highest BCUT2D eigenvalue weighted by Gasteiger charge is 2.50. The van der Waals surface area contributed by atoms with Crippen molar-refractivity contribution < 1.29 is 9.90 Å². The van der Waals surface area contributed by atoms with Crippen molar-refractivity contribution in [1.82, 2.24) is 14.5 Å².